The van der Waals surface area contributed by atoms with E-state index >= 15 is 0 Å². The van der Waals surface area contributed by atoms with Gasteiger partial charge >= 0.3 is 0 Å². The molecule has 0 aliphatic heterocycles. The van der Waals surface area contributed by atoms with Crippen molar-refractivity contribution >= 4 is 5.82 Å². The highest BCUT2D eigenvalue weighted by Crippen LogP contribution is 2.24. The molecule has 2 aromatic carbocycles. The fourth-order valence-electron chi connectivity index (χ4n) is 3.39. The van der Waals surface area contributed by atoms with E-state index in [1.54, 1.807) is 14.2 Å². The first-order valence-electron chi connectivity index (χ1n) is 10.5. The molecule has 0 amide bonds. The normalized spacial score (nSPS) is 10.7. The zero-order chi connectivity index (χ0) is 21.9. The van der Waals surface area contributed by atoms with Crippen molar-refractivity contribution < 1.29 is 14.6 Å². The van der Waals surface area contributed by atoms with Crippen LogP contribution in [0.25, 0.3) is 0 Å². The SMILES string of the molecule is COc1ccc(CN(Cc2ccc(OC)cc2)c2ncccc2CNCCCO)cc1. The topological polar surface area (TPSA) is 66.9 Å². The summed E-state index contributed by atoms with van der Waals surface area (Å²) < 4.78 is 10.6. The Kier molecular flexibility index (Phi) is 8.70. The molecule has 0 fully saturated rings. The van der Waals surface area contributed by atoms with Crippen molar-refractivity contribution in [3.05, 3.63) is 83.6 Å². The molecule has 0 saturated heterocycles. The largest absolute Gasteiger partial charge is 0.497 e. The second-order valence-corrected chi connectivity index (χ2v) is 7.29. The van der Waals surface area contributed by atoms with Gasteiger partial charge in [0.2, 0.25) is 0 Å². The van der Waals surface area contributed by atoms with Crippen LogP contribution in [0, 0.1) is 0 Å². The molecule has 0 spiro atoms. The molecule has 6 nitrogen and oxygen atoms in total. The first kappa shape index (κ1) is 22.6. The van der Waals surface area contributed by atoms with Gasteiger partial charge in [-0.1, -0.05) is 30.3 Å². The van der Waals surface area contributed by atoms with Crippen LogP contribution in [0.3, 0.4) is 0 Å². The molecule has 0 bridgehead atoms. The number of anilines is 1. The van der Waals surface area contributed by atoms with Crippen molar-refractivity contribution in [1.82, 2.24) is 10.3 Å². The third-order valence-electron chi connectivity index (χ3n) is 5.06. The fraction of sp³-hybridized carbons (Fsp3) is 0.320. The number of benzene rings is 2. The predicted octanol–water partition coefficient (Wildman–Crippen LogP) is 3.78. The molecule has 3 aromatic rings. The Morgan fingerprint density at radius 1 is 0.871 bits per heavy atom. The summed E-state index contributed by atoms with van der Waals surface area (Å²) in [7, 11) is 3.35. The zero-order valence-electron chi connectivity index (χ0n) is 18.3. The zero-order valence-corrected chi connectivity index (χ0v) is 18.3. The summed E-state index contributed by atoms with van der Waals surface area (Å²) in [5, 5.41) is 12.4. The van der Waals surface area contributed by atoms with Gasteiger partial charge in [0.25, 0.3) is 0 Å². The average Bonchev–Trinajstić information content (AvgIpc) is 2.82. The van der Waals surface area contributed by atoms with Gasteiger partial charge in [-0.25, -0.2) is 4.98 Å². The van der Waals surface area contributed by atoms with E-state index in [1.807, 2.05) is 36.5 Å². The number of hydrogen-bond acceptors (Lipinski definition) is 6. The minimum Gasteiger partial charge on any atom is -0.497 e. The first-order valence-corrected chi connectivity index (χ1v) is 10.5. The monoisotopic (exact) mass is 421 g/mol. The standard InChI is InChI=1S/C25H31N3O3/c1-30-23-10-6-20(7-11-23)18-28(19-21-8-12-24(31-2)13-9-21)25-22(5-3-15-27-25)17-26-14-4-16-29/h3,5-13,15,26,29H,4,14,16-19H2,1-2H3. The maximum atomic E-state index is 9.03. The average molecular weight is 422 g/mol. The summed E-state index contributed by atoms with van der Waals surface area (Å²) in [5.41, 5.74) is 3.49. The van der Waals surface area contributed by atoms with Crippen molar-refractivity contribution in [2.24, 2.45) is 0 Å². The van der Waals surface area contributed by atoms with Crippen LogP contribution in [-0.2, 0) is 19.6 Å². The molecular weight excluding hydrogens is 390 g/mol. The van der Waals surface area contributed by atoms with Crippen molar-refractivity contribution in [2.75, 3.05) is 32.3 Å². The third kappa shape index (κ3) is 6.70. The summed E-state index contributed by atoms with van der Waals surface area (Å²) in [5.74, 6) is 2.64. The van der Waals surface area contributed by atoms with Crippen molar-refractivity contribution in [3.63, 3.8) is 0 Å². The number of pyridine rings is 1. The van der Waals surface area contributed by atoms with Crippen LogP contribution in [0.5, 0.6) is 11.5 Å². The van der Waals surface area contributed by atoms with Crippen LogP contribution in [0.15, 0.2) is 66.9 Å². The van der Waals surface area contributed by atoms with Crippen LogP contribution in [0.1, 0.15) is 23.1 Å². The highest BCUT2D eigenvalue weighted by atomic mass is 16.5. The number of methoxy groups -OCH3 is 2. The van der Waals surface area contributed by atoms with E-state index in [4.69, 9.17) is 19.6 Å². The second kappa shape index (κ2) is 11.9. The lowest BCUT2D eigenvalue weighted by Crippen LogP contribution is -2.26. The Bertz CT molecular complexity index is 865. The second-order valence-electron chi connectivity index (χ2n) is 7.29. The van der Waals surface area contributed by atoms with Gasteiger partial charge in [0.05, 0.1) is 14.2 Å². The minimum atomic E-state index is 0.188. The fourth-order valence-corrected chi connectivity index (χ4v) is 3.39. The molecule has 0 aliphatic rings. The molecule has 31 heavy (non-hydrogen) atoms. The summed E-state index contributed by atoms with van der Waals surface area (Å²) in [4.78, 5) is 7.01. The minimum absolute atomic E-state index is 0.188. The Morgan fingerprint density at radius 3 is 1.97 bits per heavy atom. The van der Waals surface area contributed by atoms with E-state index in [0.717, 1.165) is 48.9 Å². The number of aromatic nitrogens is 1. The van der Waals surface area contributed by atoms with Gasteiger partial charge < -0.3 is 24.8 Å². The molecule has 1 heterocycles. The van der Waals surface area contributed by atoms with Gasteiger partial charge in [0, 0.05) is 38.0 Å². The number of ether oxygens (including phenoxy) is 2. The van der Waals surface area contributed by atoms with E-state index in [9.17, 15) is 0 Å². The van der Waals surface area contributed by atoms with Gasteiger partial charge in [-0.3, -0.25) is 0 Å². The summed E-state index contributed by atoms with van der Waals surface area (Å²) >= 11 is 0. The Labute approximate surface area is 184 Å². The quantitative estimate of drug-likeness (QED) is 0.434. The smallest absolute Gasteiger partial charge is 0.133 e. The molecule has 0 saturated carbocycles. The van der Waals surface area contributed by atoms with Gasteiger partial charge in [0.15, 0.2) is 0 Å². The van der Waals surface area contributed by atoms with E-state index in [2.05, 4.69) is 40.5 Å². The van der Waals surface area contributed by atoms with Crippen LogP contribution in [0.2, 0.25) is 0 Å². The number of hydrogen-bond donors (Lipinski definition) is 2. The predicted molar refractivity (Wildman–Crippen MR) is 124 cm³/mol. The van der Waals surface area contributed by atoms with Gasteiger partial charge in [-0.2, -0.15) is 0 Å². The van der Waals surface area contributed by atoms with Crippen molar-refractivity contribution in [3.8, 4) is 11.5 Å². The first-order chi connectivity index (χ1) is 15.2. The van der Waals surface area contributed by atoms with Gasteiger partial charge in [0.1, 0.15) is 17.3 Å². The molecule has 3 rings (SSSR count). The Balaban J connectivity index is 1.85. The molecule has 6 heteroatoms. The number of aliphatic hydroxyl groups excluding tert-OH is 1. The Morgan fingerprint density at radius 2 is 1.45 bits per heavy atom. The number of aliphatic hydroxyl groups is 1. The number of nitrogens with zero attached hydrogens (tertiary/aromatic N) is 2. The van der Waals surface area contributed by atoms with Gasteiger partial charge in [-0.05, 0) is 54.4 Å². The van der Waals surface area contributed by atoms with Crippen LogP contribution in [-0.4, -0.2) is 37.5 Å². The lowest BCUT2D eigenvalue weighted by atomic mass is 10.1. The molecule has 164 valence electrons. The van der Waals surface area contributed by atoms with E-state index in [-0.39, 0.29) is 6.61 Å². The van der Waals surface area contributed by atoms with Crippen molar-refractivity contribution in [1.29, 1.82) is 0 Å². The number of rotatable bonds is 12. The van der Waals surface area contributed by atoms with E-state index in [0.29, 0.717) is 6.54 Å². The van der Waals surface area contributed by atoms with E-state index in [1.165, 1.54) is 11.1 Å². The maximum absolute atomic E-state index is 9.03. The van der Waals surface area contributed by atoms with E-state index < -0.39 is 0 Å². The molecule has 2 N–H and O–H groups in total. The molecule has 0 unspecified atom stereocenters. The third-order valence-corrected chi connectivity index (χ3v) is 5.06. The lowest BCUT2D eigenvalue weighted by molar-refractivity contribution is 0.286. The summed E-state index contributed by atoms with van der Waals surface area (Å²) in [6.07, 6.45) is 2.57. The van der Waals surface area contributed by atoms with Gasteiger partial charge in [-0.15, -0.1) is 0 Å². The number of nitrogens with one attached hydrogen (secondary N) is 1. The maximum Gasteiger partial charge on any atom is 0.133 e. The molecule has 0 aliphatic carbocycles. The molecule has 0 atom stereocenters. The van der Waals surface area contributed by atoms with Crippen LogP contribution in [0.4, 0.5) is 5.82 Å². The van der Waals surface area contributed by atoms with Crippen molar-refractivity contribution in [2.45, 2.75) is 26.1 Å². The summed E-state index contributed by atoms with van der Waals surface area (Å²) in [6.45, 7) is 3.09. The molecule has 0 radical (unpaired) electrons. The molecular formula is C25H31N3O3. The summed E-state index contributed by atoms with van der Waals surface area (Å²) in [6, 6.07) is 20.3. The highest BCUT2D eigenvalue weighted by Gasteiger charge is 2.14. The Hall–Kier alpha value is -3.09. The van der Waals surface area contributed by atoms with Crippen LogP contribution >= 0.6 is 0 Å². The highest BCUT2D eigenvalue weighted by molar-refractivity contribution is 5.48. The molecule has 1 aromatic heterocycles. The van der Waals surface area contributed by atoms with Crippen LogP contribution < -0.4 is 19.7 Å². The lowest BCUT2D eigenvalue weighted by Gasteiger charge is -2.26.